The Morgan fingerprint density at radius 1 is 1.33 bits per heavy atom. The highest BCUT2D eigenvalue weighted by Crippen LogP contribution is 2.27. The van der Waals surface area contributed by atoms with E-state index in [4.69, 9.17) is 18.0 Å². The summed E-state index contributed by atoms with van der Waals surface area (Å²) >= 11 is 6.44. The fraction of sp³-hybridized carbons (Fsp3) is 0.889. The maximum absolute atomic E-state index is 5.40. The van der Waals surface area contributed by atoms with Crippen molar-refractivity contribution in [1.82, 2.24) is 0 Å². The summed E-state index contributed by atoms with van der Waals surface area (Å²) in [6, 6.07) is 0. The van der Waals surface area contributed by atoms with Crippen LogP contribution in [0.15, 0.2) is 0 Å². The first-order valence-electron chi connectivity index (χ1n) is 4.71. The van der Waals surface area contributed by atoms with E-state index in [-0.39, 0.29) is 0 Å². The molecule has 2 N–H and O–H groups in total. The third kappa shape index (κ3) is 4.31. The van der Waals surface area contributed by atoms with Gasteiger partial charge in [-0.05, 0) is 12.3 Å². The maximum Gasteiger partial charge on any atom is 0.131 e. The molecule has 0 heterocycles. The lowest BCUT2D eigenvalue weighted by atomic mass is 9.88. The summed E-state index contributed by atoms with van der Waals surface area (Å²) in [4.78, 5) is 0. The highest BCUT2D eigenvalue weighted by atomic mass is 32.2. The zero-order chi connectivity index (χ0) is 8.81. The number of thioether (sulfide) groups is 1. The van der Waals surface area contributed by atoms with Crippen LogP contribution in [0.25, 0.3) is 0 Å². The second-order valence-corrected chi connectivity index (χ2v) is 5.30. The summed E-state index contributed by atoms with van der Waals surface area (Å²) in [6.07, 6.45) is 8.47. The van der Waals surface area contributed by atoms with E-state index in [1.54, 1.807) is 11.8 Å². The van der Waals surface area contributed by atoms with Crippen molar-refractivity contribution in [2.45, 2.75) is 38.5 Å². The van der Waals surface area contributed by atoms with Crippen LogP contribution in [-0.4, -0.2) is 10.1 Å². The molecule has 0 unspecified atom stereocenters. The molecule has 0 atom stereocenters. The number of nitrogens with two attached hydrogens (primary N) is 1. The highest BCUT2D eigenvalue weighted by molar-refractivity contribution is 8.22. The van der Waals surface area contributed by atoms with Crippen LogP contribution in [0.3, 0.4) is 0 Å². The minimum atomic E-state index is 0.603. The standard InChI is InChI=1S/C9H17NS2/c10-9(11)12-7-6-8-4-2-1-3-5-8/h8H,1-7H2,(H2,10,11). The third-order valence-corrected chi connectivity index (χ3v) is 3.57. The van der Waals surface area contributed by atoms with Gasteiger partial charge in [0.05, 0.1) is 0 Å². The van der Waals surface area contributed by atoms with Gasteiger partial charge in [-0.3, -0.25) is 0 Å². The Labute approximate surface area is 84.5 Å². The molecule has 1 aliphatic rings. The van der Waals surface area contributed by atoms with Gasteiger partial charge in [0.15, 0.2) is 0 Å². The molecular formula is C9H17NS2. The van der Waals surface area contributed by atoms with Crippen LogP contribution in [0, 0.1) is 5.92 Å². The van der Waals surface area contributed by atoms with Gasteiger partial charge in [-0.15, -0.1) is 0 Å². The van der Waals surface area contributed by atoms with E-state index in [1.165, 1.54) is 38.5 Å². The molecule has 0 aliphatic heterocycles. The van der Waals surface area contributed by atoms with Gasteiger partial charge in [0.2, 0.25) is 0 Å². The molecule has 1 rings (SSSR count). The van der Waals surface area contributed by atoms with Crippen LogP contribution in [0.5, 0.6) is 0 Å². The second-order valence-electron chi connectivity index (χ2n) is 3.46. The van der Waals surface area contributed by atoms with E-state index < -0.39 is 0 Å². The first kappa shape index (κ1) is 10.3. The molecule has 70 valence electrons. The molecule has 0 radical (unpaired) electrons. The minimum Gasteiger partial charge on any atom is -0.385 e. The third-order valence-electron chi connectivity index (χ3n) is 2.50. The van der Waals surface area contributed by atoms with Gasteiger partial charge in [-0.1, -0.05) is 56.1 Å². The zero-order valence-electron chi connectivity index (χ0n) is 7.42. The molecule has 12 heavy (non-hydrogen) atoms. The summed E-state index contributed by atoms with van der Waals surface area (Å²) < 4.78 is 0.603. The van der Waals surface area contributed by atoms with Gasteiger partial charge >= 0.3 is 0 Å². The summed E-state index contributed by atoms with van der Waals surface area (Å²) in [5, 5.41) is 0. The molecule has 0 aromatic carbocycles. The molecule has 0 aromatic rings. The van der Waals surface area contributed by atoms with Crippen molar-refractivity contribution in [3.8, 4) is 0 Å². The average molecular weight is 203 g/mol. The van der Waals surface area contributed by atoms with Gasteiger partial charge in [-0.25, -0.2) is 0 Å². The van der Waals surface area contributed by atoms with E-state index in [0.29, 0.717) is 4.32 Å². The monoisotopic (exact) mass is 203 g/mol. The Bertz CT molecular complexity index is 141. The fourth-order valence-corrected chi connectivity index (χ4v) is 2.70. The number of hydrogen-bond donors (Lipinski definition) is 1. The van der Waals surface area contributed by atoms with E-state index in [1.807, 2.05) is 0 Å². The van der Waals surface area contributed by atoms with Crippen molar-refractivity contribution in [2.24, 2.45) is 11.7 Å². The summed E-state index contributed by atoms with van der Waals surface area (Å²) in [6.45, 7) is 0. The predicted octanol–water partition coefficient (Wildman–Crippen LogP) is 2.93. The first-order chi connectivity index (χ1) is 5.79. The largest absolute Gasteiger partial charge is 0.385 e. The van der Waals surface area contributed by atoms with Crippen molar-refractivity contribution >= 4 is 28.3 Å². The summed E-state index contributed by atoms with van der Waals surface area (Å²) in [7, 11) is 0. The predicted molar refractivity (Wildman–Crippen MR) is 60.4 cm³/mol. The number of rotatable bonds is 3. The van der Waals surface area contributed by atoms with Crippen molar-refractivity contribution in [1.29, 1.82) is 0 Å². The van der Waals surface area contributed by atoms with Crippen molar-refractivity contribution in [3.05, 3.63) is 0 Å². The Morgan fingerprint density at radius 2 is 2.00 bits per heavy atom. The van der Waals surface area contributed by atoms with Gasteiger partial charge < -0.3 is 5.73 Å². The number of thiocarbonyl (C=S) groups is 1. The van der Waals surface area contributed by atoms with Crippen LogP contribution in [-0.2, 0) is 0 Å². The molecule has 0 saturated heterocycles. The van der Waals surface area contributed by atoms with Gasteiger partial charge in [0.1, 0.15) is 4.32 Å². The quantitative estimate of drug-likeness (QED) is 0.714. The van der Waals surface area contributed by atoms with E-state index >= 15 is 0 Å². The van der Waals surface area contributed by atoms with Gasteiger partial charge in [0.25, 0.3) is 0 Å². The lowest BCUT2D eigenvalue weighted by molar-refractivity contribution is 0.352. The lowest BCUT2D eigenvalue weighted by Crippen LogP contribution is -2.09. The molecule has 0 bridgehead atoms. The molecule has 0 spiro atoms. The average Bonchev–Trinajstić information content (AvgIpc) is 2.05. The van der Waals surface area contributed by atoms with Crippen LogP contribution in [0.2, 0.25) is 0 Å². The first-order valence-corrected chi connectivity index (χ1v) is 6.10. The molecule has 0 amide bonds. The molecule has 3 heteroatoms. The van der Waals surface area contributed by atoms with E-state index in [0.717, 1.165) is 11.7 Å². The Hall–Kier alpha value is 0.240. The second kappa shape index (κ2) is 5.81. The zero-order valence-corrected chi connectivity index (χ0v) is 9.05. The Balaban J connectivity index is 2.01. The molecule has 1 aliphatic carbocycles. The summed E-state index contributed by atoms with van der Waals surface area (Å²) in [5.41, 5.74) is 5.40. The molecule has 1 saturated carbocycles. The van der Waals surface area contributed by atoms with Gasteiger partial charge in [-0.2, -0.15) is 0 Å². The van der Waals surface area contributed by atoms with Crippen molar-refractivity contribution in [3.63, 3.8) is 0 Å². The molecule has 0 aromatic heterocycles. The number of hydrogen-bond acceptors (Lipinski definition) is 2. The van der Waals surface area contributed by atoms with Crippen LogP contribution < -0.4 is 5.73 Å². The molecule has 1 nitrogen and oxygen atoms in total. The van der Waals surface area contributed by atoms with Crippen molar-refractivity contribution in [2.75, 3.05) is 5.75 Å². The lowest BCUT2D eigenvalue weighted by Gasteiger charge is -2.20. The minimum absolute atomic E-state index is 0.603. The maximum atomic E-state index is 5.40. The van der Waals surface area contributed by atoms with Crippen LogP contribution in [0.1, 0.15) is 38.5 Å². The summed E-state index contributed by atoms with van der Waals surface area (Å²) in [5.74, 6) is 2.08. The molecular weight excluding hydrogens is 186 g/mol. The van der Waals surface area contributed by atoms with E-state index in [9.17, 15) is 0 Å². The van der Waals surface area contributed by atoms with E-state index in [2.05, 4.69) is 0 Å². The fourth-order valence-electron chi connectivity index (χ4n) is 1.80. The van der Waals surface area contributed by atoms with Crippen molar-refractivity contribution < 1.29 is 0 Å². The Kier molecular flexibility index (Phi) is 5.00. The highest BCUT2D eigenvalue weighted by Gasteiger charge is 2.12. The smallest absolute Gasteiger partial charge is 0.131 e. The van der Waals surface area contributed by atoms with Crippen LogP contribution in [0.4, 0.5) is 0 Å². The normalized spacial score (nSPS) is 19.3. The Morgan fingerprint density at radius 3 is 2.58 bits per heavy atom. The van der Waals surface area contributed by atoms with Gasteiger partial charge in [0, 0.05) is 5.75 Å². The molecule has 1 fully saturated rings. The SMILES string of the molecule is NC(=S)SCCC1CCCCC1. The topological polar surface area (TPSA) is 26.0 Å². The van der Waals surface area contributed by atoms with Crippen LogP contribution >= 0.6 is 24.0 Å².